The molecule has 0 atom stereocenters. The van der Waals surface area contributed by atoms with Crippen molar-refractivity contribution in [3.05, 3.63) is 35.9 Å². The van der Waals surface area contributed by atoms with Crippen LogP contribution in [-0.2, 0) is 5.33 Å². The Morgan fingerprint density at radius 2 is 2.18 bits per heavy atom. The van der Waals surface area contributed by atoms with Crippen molar-refractivity contribution in [2.75, 3.05) is 0 Å². The molecule has 0 radical (unpaired) electrons. The molecule has 0 unspecified atom stereocenters. The van der Waals surface area contributed by atoms with E-state index < -0.39 is 0 Å². The van der Waals surface area contributed by atoms with Gasteiger partial charge in [-0.25, -0.2) is 0 Å². The molecule has 11 heavy (non-hydrogen) atoms. The molecule has 58 valence electrons. The molecule has 1 rings (SSSR count). The van der Waals surface area contributed by atoms with Crippen LogP contribution >= 0.6 is 15.9 Å². The van der Waals surface area contributed by atoms with Crippen molar-refractivity contribution in [3.8, 4) is 5.75 Å². The van der Waals surface area contributed by atoms with Crippen molar-refractivity contribution in [1.29, 1.82) is 0 Å². The molecule has 2 heteroatoms. The van der Waals surface area contributed by atoms with E-state index in [0.29, 0.717) is 0 Å². The van der Waals surface area contributed by atoms with Gasteiger partial charge in [0.1, 0.15) is 5.75 Å². The van der Waals surface area contributed by atoms with Crippen molar-refractivity contribution < 1.29 is 5.11 Å². The molecule has 1 aromatic rings. The van der Waals surface area contributed by atoms with Crippen LogP contribution in [0.1, 0.15) is 11.1 Å². The molecule has 0 aliphatic heterocycles. The van der Waals surface area contributed by atoms with Crippen molar-refractivity contribution >= 4 is 22.0 Å². The quantitative estimate of drug-likeness (QED) is 0.748. The zero-order valence-electron chi connectivity index (χ0n) is 6.05. The maximum Gasteiger partial charge on any atom is 0.116 e. The normalized spacial score (nSPS) is 9.55. The molecule has 0 saturated carbocycles. The van der Waals surface area contributed by atoms with E-state index in [2.05, 4.69) is 22.5 Å². The van der Waals surface area contributed by atoms with E-state index in [1.54, 1.807) is 18.2 Å². The van der Waals surface area contributed by atoms with Gasteiger partial charge in [0.05, 0.1) is 0 Å². The summed E-state index contributed by atoms with van der Waals surface area (Å²) in [4.78, 5) is 0. The second kappa shape index (κ2) is 3.58. The number of phenolic OH excluding ortho intramolecular Hbond substituents is 1. The van der Waals surface area contributed by atoms with Crippen LogP contribution in [0.5, 0.6) is 5.75 Å². The lowest BCUT2D eigenvalue weighted by Gasteiger charge is -1.99. The molecule has 0 amide bonds. The maximum atomic E-state index is 9.19. The molecule has 0 spiro atoms. The molecule has 0 fully saturated rings. The number of hydrogen-bond acceptors (Lipinski definition) is 1. The molecule has 0 aliphatic rings. The number of aromatic hydroxyl groups is 1. The zero-order chi connectivity index (χ0) is 8.27. The van der Waals surface area contributed by atoms with Gasteiger partial charge >= 0.3 is 0 Å². The molecule has 1 nitrogen and oxygen atoms in total. The van der Waals surface area contributed by atoms with Gasteiger partial charge in [0.25, 0.3) is 0 Å². The van der Waals surface area contributed by atoms with Crippen LogP contribution in [0.2, 0.25) is 0 Å². The summed E-state index contributed by atoms with van der Waals surface area (Å²) in [7, 11) is 0. The highest BCUT2D eigenvalue weighted by Crippen LogP contribution is 2.18. The highest BCUT2D eigenvalue weighted by Gasteiger charge is 1.95. The van der Waals surface area contributed by atoms with E-state index in [1.165, 1.54) is 0 Å². The van der Waals surface area contributed by atoms with Gasteiger partial charge in [-0.3, -0.25) is 0 Å². The summed E-state index contributed by atoms with van der Waals surface area (Å²) in [5.74, 6) is 0.289. The third kappa shape index (κ3) is 2.09. The molecule has 1 aromatic carbocycles. The minimum Gasteiger partial charge on any atom is -0.508 e. The summed E-state index contributed by atoms with van der Waals surface area (Å²) in [6.45, 7) is 3.62. The van der Waals surface area contributed by atoms with E-state index in [9.17, 15) is 5.11 Å². The molecule has 0 heterocycles. The van der Waals surface area contributed by atoms with Gasteiger partial charge in [0.15, 0.2) is 0 Å². The topological polar surface area (TPSA) is 20.2 Å². The highest BCUT2D eigenvalue weighted by atomic mass is 79.9. The van der Waals surface area contributed by atoms with Gasteiger partial charge in [0.2, 0.25) is 0 Å². The molecule has 0 aromatic heterocycles. The number of halogens is 1. The molecular weight excluding hydrogens is 204 g/mol. The summed E-state index contributed by atoms with van der Waals surface area (Å²) >= 11 is 3.31. The zero-order valence-corrected chi connectivity index (χ0v) is 7.63. The van der Waals surface area contributed by atoms with Crippen LogP contribution in [0.25, 0.3) is 6.08 Å². The molecule has 0 saturated heterocycles. The largest absolute Gasteiger partial charge is 0.508 e. The Morgan fingerprint density at radius 1 is 1.45 bits per heavy atom. The predicted molar refractivity (Wildman–Crippen MR) is 50.8 cm³/mol. The van der Waals surface area contributed by atoms with Crippen molar-refractivity contribution in [2.24, 2.45) is 0 Å². The lowest BCUT2D eigenvalue weighted by atomic mass is 10.1. The van der Waals surface area contributed by atoms with Crippen LogP contribution in [-0.4, -0.2) is 5.11 Å². The Balaban J connectivity index is 3.11. The van der Waals surface area contributed by atoms with E-state index in [0.717, 1.165) is 16.5 Å². The number of alkyl halides is 1. The van der Waals surface area contributed by atoms with Crippen molar-refractivity contribution in [3.63, 3.8) is 0 Å². The monoisotopic (exact) mass is 212 g/mol. The van der Waals surface area contributed by atoms with Crippen LogP contribution in [0, 0.1) is 0 Å². The number of hydrogen-bond donors (Lipinski definition) is 1. The van der Waals surface area contributed by atoms with Gasteiger partial charge in [0, 0.05) is 5.33 Å². The second-order valence-electron chi connectivity index (χ2n) is 2.27. The smallest absolute Gasteiger partial charge is 0.116 e. The molecular formula is C9H9BrO. The minimum absolute atomic E-state index is 0.289. The van der Waals surface area contributed by atoms with Gasteiger partial charge in [-0.15, -0.1) is 0 Å². The average Bonchev–Trinajstić information content (AvgIpc) is 2.03. The molecule has 1 N–H and O–H groups in total. The fourth-order valence-electron chi connectivity index (χ4n) is 0.895. The fraction of sp³-hybridized carbons (Fsp3) is 0.111. The van der Waals surface area contributed by atoms with Crippen LogP contribution in [0.4, 0.5) is 0 Å². The maximum absolute atomic E-state index is 9.19. The third-order valence-electron chi connectivity index (χ3n) is 1.39. The first-order chi connectivity index (χ1) is 5.26. The Morgan fingerprint density at radius 3 is 2.73 bits per heavy atom. The first-order valence-electron chi connectivity index (χ1n) is 3.27. The molecule has 0 bridgehead atoms. The Kier molecular flexibility index (Phi) is 2.71. The fourth-order valence-corrected chi connectivity index (χ4v) is 1.22. The number of benzene rings is 1. The summed E-state index contributed by atoms with van der Waals surface area (Å²) in [5, 5.41) is 9.94. The van der Waals surface area contributed by atoms with Crippen LogP contribution in [0.3, 0.4) is 0 Å². The van der Waals surface area contributed by atoms with Gasteiger partial charge in [-0.1, -0.05) is 34.7 Å². The SMILES string of the molecule is C=Cc1cc(O)cc(CBr)c1. The number of phenols is 1. The van der Waals surface area contributed by atoms with Gasteiger partial charge < -0.3 is 5.11 Å². The van der Waals surface area contributed by atoms with E-state index in [4.69, 9.17) is 0 Å². The Labute approximate surface area is 74.5 Å². The first kappa shape index (κ1) is 8.34. The first-order valence-corrected chi connectivity index (χ1v) is 4.39. The van der Waals surface area contributed by atoms with Gasteiger partial charge in [-0.05, 0) is 23.3 Å². The standard InChI is InChI=1S/C9H9BrO/c1-2-7-3-8(6-10)5-9(11)4-7/h2-5,11H,1,6H2. The molecule has 0 aliphatic carbocycles. The van der Waals surface area contributed by atoms with Crippen LogP contribution < -0.4 is 0 Å². The summed E-state index contributed by atoms with van der Waals surface area (Å²) in [6, 6.07) is 5.38. The van der Waals surface area contributed by atoms with Crippen molar-refractivity contribution in [1.82, 2.24) is 0 Å². The second-order valence-corrected chi connectivity index (χ2v) is 2.83. The van der Waals surface area contributed by atoms with E-state index in [-0.39, 0.29) is 5.75 Å². The van der Waals surface area contributed by atoms with E-state index >= 15 is 0 Å². The van der Waals surface area contributed by atoms with E-state index in [1.807, 2.05) is 6.07 Å². The predicted octanol–water partition coefficient (Wildman–Crippen LogP) is 2.93. The van der Waals surface area contributed by atoms with Crippen molar-refractivity contribution in [2.45, 2.75) is 5.33 Å². The summed E-state index contributed by atoms with van der Waals surface area (Å²) in [6.07, 6.45) is 1.71. The lowest BCUT2D eigenvalue weighted by molar-refractivity contribution is 0.474. The Bertz CT molecular complexity index is 268. The highest BCUT2D eigenvalue weighted by molar-refractivity contribution is 9.08. The summed E-state index contributed by atoms with van der Waals surface area (Å²) < 4.78 is 0. The summed E-state index contributed by atoms with van der Waals surface area (Å²) in [5.41, 5.74) is 2.00. The average molecular weight is 213 g/mol. The third-order valence-corrected chi connectivity index (χ3v) is 2.04. The Hall–Kier alpha value is -0.760. The van der Waals surface area contributed by atoms with Crippen LogP contribution in [0.15, 0.2) is 24.8 Å². The minimum atomic E-state index is 0.289. The lowest BCUT2D eigenvalue weighted by Crippen LogP contribution is -1.79. The number of rotatable bonds is 2. The van der Waals surface area contributed by atoms with Gasteiger partial charge in [-0.2, -0.15) is 0 Å².